The van der Waals surface area contributed by atoms with Crippen molar-refractivity contribution in [2.24, 2.45) is 0 Å². The average Bonchev–Trinajstić information content (AvgIpc) is 2.49. The molecule has 0 aliphatic heterocycles. The zero-order valence-corrected chi connectivity index (χ0v) is 12.7. The van der Waals surface area contributed by atoms with Crippen LogP contribution in [0.2, 0.25) is 5.02 Å². The van der Waals surface area contributed by atoms with Crippen LogP contribution in [0.15, 0.2) is 59.6 Å². The second-order valence-electron chi connectivity index (χ2n) is 4.71. The van der Waals surface area contributed by atoms with Crippen molar-refractivity contribution in [3.63, 3.8) is 0 Å². The van der Waals surface area contributed by atoms with E-state index < -0.39 is 10.8 Å². The Balaban J connectivity index is 1.90. The molecule has 1 unspecified atom stereocenters. The molecule has 2 aromatic carbocycles. The lowest BCUT2D eigenvalue weighted by Crippen LogP contribution is -1.99. The number of halogens is 1. The summed E-state index contributed by atoms with van der Waals surface area (Å²) >= 11 is 6.09. The number of rotatable bonds is 3. The van der Waals surface area contributed by atoms with E-state index in [9.17, 15) is 4.21 Å². The van der Waals surface area contributed by atoms with Crippen LogP contribution in [0.25, 0.3) is 10.9 Å². The Morgan fingerprint density at radius 2 is 2.00 bits per heavy atom. The van der Waals surface area contributed by atoms with E-state index in [0.717, 1.165) is 16.5 Å². The predicted molar refractivity (Wildman–Crippen MR) is 87.7 cm³/mol. The van der Waals surface area contributed by atoms with Crippen molar-refractivity contribution in [2.75, 3.05) is 5.73 Å². The van der Waals surface area contributed by atoms with E-state index in [1.807, 2.05) is 30.3 Å². The number of benzene rings is 2. The smallest absolute Gasteiger partial charge is 0.0702 e. The number of nitrogens with zero attached hydrogens (tertiary/aromatic N) is 1. The lowest BCUT2D eigenvalue weighted by Gasteiger charge is -2.07. The summed E-state index contributed by atoms with van der Waals surface area (Å²) in [5.74, 6) is 0.397. The minimum absolute atomic E-state index is 0.397. The first-order valence-electron chi connectivity index (χ1n) is 6.40. The maximum atomic E-state index is 12.5. The molecule has 3 nitrogen and oxygen atoms in total. The van der Waals surface area contributed by atoms with Crippen LogP contribution in [-0.2, 0) is 16.6 Å². The normalized spacial score (nSPS) is 12.4. The van der Waals surface area contributed by atoms with Crippen LogP contribution in [0.1, 0.15) is 5.56 Å². The maximum Gasteiger partial charge on any atom is 0.0702 e. The number of pyridine rings is 1. The van der Waals surface area contributed by atoms with Gasteiger partial charge in [-0.1, -0.05) is 23.7 Å². The molecule has 1 heterocycles. The van der Waals surface area contributed by atoms with Gasteiger partial charge >= 0.3 is 0 Å². The number of hydrogen-bond donors (Lipinski definition) is 1. The fourth-order valence-electron chi connectivity index (χ4n) is 2.14. The van der Waals surface area contributed by atoms with E-state index in [2.05, 4.69) is 4.98 Å². The molecule has 0 spiro atoms. The summed E-state index contributed by atoms with van der Waals surface area (Å²) in [5.41, 5.74) is 8.20. The fraction of sp³-hybridized carbons (Fsp3) is 0.0625. The Hall–Kier alpha value is -1.91. The van der Waals surface area contributed by atoms with Crippen LogP contribution in [0, 0.1) is 0 Å². The monoisotopic (exact) mass is 316 g/mol. The molecule has 21 heavy (non-hydrogen) atoms. The number of fused-ring (bicyclic) bond motifs is 1. The quantitative estimate of drug-likeness (QED) is 0.748. The molecule has 1 atom stereocenters. The van der Waals surface area contributed by atoms with Crippen molar-refractivity contribution in [3.05, 3.63) is 65.3 Å². The highest BCUT2D eigenvalue weighted by molar-refractivity contribution is 7.84. The van der Waals surface area contributed by atoms with Crippen LogP contribution in [0.5, 0.6) is 0 Å². The van der Waals surface area contributed by atoms with E-state index in [1.54, 1.807) is 24.4 Å². The summed E-state index contributed by atoms with van der Waals surface area (Å²) in [6, 6.07) is 14.8. The van der Waals surface area contributed by atoms with Gasteiger partial charge in [-0.15, -0.1) is 0 Å². The number of nitrogens with two attached hydrogens (primary N) is 1. The summed E-state index contributed by atoms with van der Waals surface area (Å²) in [5, 5.41) is 1.51. The number of aromatic nitrogens is 1. The highest BCUT2D eigenvalue weighted by atomic mass is 35.5. The molecular formula is C16H13ClN2OS. The van der Waals surface area contributed by atoms with Crippen LogP contribution < -0.4 is 5.73 Å². The fourth-order valence-corrected chi connectivity index (χ4v) is 3.70. The van der Waals surface area contributed by atoms with Gasteiger partial charge in [0.2, 0.25) is 0 Å². The highest BCUT2D eigenvalue weighted by Crippen LogP contribution is 2.25. The number of nitrogen functional groups attached to an aromatic ring is 1. The topological polar surface area (TPSA) is 56.0 Å². The van der Waals surface area contributed by atoms with Crippen molar-refractivity contribution in [3.8, 4) is 0 Å². The third kappa shape index (κ3) is 3.06. The Morgan fingerprint density at radius 3 is 2.86 bits per heavy atom. The predicted octanol–water partition coefficient (Wildman–Crippen LogP) is 3.78. The van der Waals surface area contributed by atoms with Crippen LogP contribution in [0.4, 0.5) is 5.69 Å². The van der Waals surface area contributed by atoms with Crippen molar-refractivity contribution in [2.45, 2.75) is 10.6 Å². The van der Waals surface area contributed by atoms with Gasteiger partial charge in [0.25, 0.3) is 0 Å². The Kier molecular flexibility index (Phi) is 3.90. The summed E-state index contributed by atoms with van der Waals surface area (Å²) in [7, 11) is -1.23. The van der Waals surface area contributed by atoms with Gasteiger partial charge in [0.05, 0.1) is 32.0 Å². The molecule has 0 saturated carbocycles. The number of hydrogen-bond acceptors (Lipinski definition) is 3. The standard InChI is InChI=1S/C16H13ClN2OS/c17-14-5-4-13(18)9-16(14)21(20)10-11-3-6-15-12(8-11)2-1-7-19-15/h1-9H,10,18H2. The molecule has 0 saturated heterocycles. The van der Waals surface area contributed by atoms with Crippen molar-refractivity contribution in [1.29, 1.82) is 0 Å². The van der Waals surface area contributed by atoms with Gasteiger partial charge in [0, 0.05) is 17.3 Å². The molecular weight excluding hydrogens is 304 g/mol. The van der Waals surface area contributed by atoms with Gasteiger partial charge in [-0.25, -0.2) is 0 Å². The van der Waals surface area contributed by atoms with E-state index in [4.69, 9.17) is 17.3 Å². The molecule has 3 aromatic rings. The van der Waals surface area contributed by atoms with E-state index in [0.29, 0.717) is 21.4 Å². The molecule has 0 fully saturated rings. The van der Waals surface area contributed by atoms with Crippen molar-refractivity contribution in [1.82, 2.24) is 4.98 Å². The van der Waals surface area contributed by atoms with Gasteiger partial charge in [-0.05, 0) is 42.0 Å². The molecule has 0 bridgehead atoms. The van der Waals surface area contributed by atoms with Crippen molar-refractivity contribution >= 4 is 39.0 Å². The molecule has 0 radical (unpaired) electrons. The van der Waals surface area contributed by atoms with Crippen LogP contribution >= 0.6 is 11.6 Å². The summed E-state index contributed by atoms with van der Waals surface area (Å²) in [6.45, 7) is 0. The number of anilines is 1. The van der Waals surface area contributed by atoms with Crippen LogP contribution in [-0.4, -0.2) is 9.19 Å². The second kappa shape index (κ2) is 5.84. The molecule has 3 rings (SSSR count). The van der Waals surface area contributed by atoms with Gasteiger partial charge in [-0.2, -0.15) is 0 Å². The zero-order chi connectivity index (χ0) is 14.8. The first kappa shape index (κ1) is 14.0. The first-order valence-corrected chi connectivity index (χ1v) is 8.10. The Labute approximate surface area is 130 Å². The largest absolute Gasteiger partial charge is 0.399 e. The van der Waals surface area contributed by atoms with Crippen LogP contribution in [0.3, 0.4) is 0 Å². The molecule has 106 valence electrons. The van der Waals surface area contributed by atoms with E-state index >= 15 is 0 Å². The van der Waals surface area contributed by atoms with Gasteiger partial charge in [-0.3, -0.25) is 9.19 Å². The minimum Gasteiger partial charge on any atom is -0.399 e. The first-order chi connectivity index (χ1) is 10.1. The second-order valence-corrected chi connectivity index (χ2v) is 6.54. The third-order valence-corrected chi connectivity index (χ3v) is 5.03. The zero-order valence-electron chi connectivity index (χ0n) is 11.1. The molecule has 0 aliphatic rings. The average molecular weight is 317 g/mol. The molecule has 0 aliphatic carbocycles. The maximum absolute atomic E-state index is 12.5. The highest BCUT2D eigenvalue weighted by Gasteiger charge is 2.10. The molecule has 0 amide bonds. The Morgan fingerprint density at radius 1 is 1.14 bits per heavy atom. The minimum atomic E-state index is -1.23. The lowest BCUT2D eigenvalue weighted by molar-refractivity contribution is 0.682. The third-order valence-electron chi connectivity index (χ3n) is 3.17. The van der Waals surface area contributed by atoms with E-state index in [-0.39, 0.29) is 0 Å². The summed E-state index contributed by atoms with van der Waals surface area (Å²) in [4.78, 5) is 4.84. The summed E-state index contributed by atoms with van der Waals surface area (Å²) in [6.07, 6.45) is 1.76. The van der Waals surface area contributed by atoms with Gasteiger partial charge < -0.3 is 5.73 Å². The van der Waals surface area contributed by atoms with Gasteiger partial charge in [0.1, 0.15) is 0 Å². The van der Waals surface area contributed by atoms with Crippen molar-refractivity contribution < 1.29 is 4.21 Å². The van der Waals surface area contributed by atoms with E-state index in [1.165, 1.54) is 0 Å². The molecule has 5 heteroatoms. The summed E-state index contributed by atoms with van der Waals surface area (Å²) < 4.78 is 12.5. The molecule has 1 aromatic heterocycles. The Bertz CT molecular complexity index is 835. The molecule has 2 N–H and O–H groups in total. The lowest BCUT2D eigenvalue weighted by atomic mass is 10.1. The SMILES string of the molecule is Nc1ccc(Cl)c(S(=O)Cc2ccc3ncccc3c2)c1. The van der Waals surface area contributed by atoms with Gasteiger partial charge in [0.15, 0.2) is 0 Å².